The van der Waals surface area contributed by atoms with Crippen molar-refractivity contribution >= 4 is 17.5 Å². The van der Waals surface area contributed by atoms with E-state index in [4.69, 9.17) is 0 Å². The number of fused-ring (bicyclic) bond motifs is 1. The van der Waals surface area contributed by atoms with Gasteiger partial charge in [-0.3, -0.25) is 4.79 Å². The SMILES string of the molecule is CC1CC(C)CN(C2=CSC3CCC(F)CC3C2=O)C1. The van der Waals surface area contributed by atoms with Crippen LogP contribution in [0.25, 0.3) is 0 Å². The van der Waals surface area contributed by atoms with Crippen molar-refractivity contribution in [3.05, 3.63) is 11.1 Å². The van der Waals surface area contributed by atoms with Crippen LogP contribution in [0.5, 0.6) is 0 Å². The van der Waals surface area contributed by atoms with Crippen LogP contribution >= 0.6 is 11.8 Å². The quantitative estimate of drug-likeness (QED) is 0.737. The lowest BCUT2D eigenvalue weighted by atomic mass is 9.82. The summed E-state index contributed by atoms with van der Waals surface area (Å²) in [5.74, 6) is 1.39. The minimum absolute atomic E-state index is 0.0868. The summed E-state index contributed by atoms with van der Waals surface area (Å²) < 4.78 is 13.6. The van der Waals surface area contributed by atoms with Gasteiger partial charge in [-0.15, -0.1) is 11.8 Å². The van der Waals surface area contributed by atoms with Crippen LogP contribution in [0.4, 0.5) is 4.39 Å². The number of carbonyl (C=O) groups excluding carboxylic acids is 1. The van der Waals surface area contributed by atoms with Crippen molar-refractivity contribution in [2.45, 2.75) is 51.0 Å². The molecular weight excluding hydrogens is 273 g/mol. The third-order valence-electron chi connectivity index (χ3n) is 4.88. The molecule has 5 unspecified atom stereocenters. The number of Topliss-reactive ketones (excluding diaryl/α,β-unsaturated/α-hetero) is 1. The molecule has 0 N–H and O–H groups in total. The van der Waals surface area contributed by atoms with Gasteiger partial charge in [0, 0.05) is 24.3 Å². The lowest BCUT2D eigenvalue weighted by Gasteiger charge is -2.42. The average Bonchev–Trinajstić information content (AvgIpc) is 2.38. The molecule has 0 aromatic rings. The normalized spacial score (nSPS) is 42.1. The van der Waals surface area contributed by atoms with E-state index in [2.05, 4.69) is 24.2 Å². The van der Waals surface area contributed by atoms with Gasteiger partial charge in [0.05, 0.1) is 5.70 Å². The highest BCUT2D eigenvalue weighted by Gasteiger charge is 2.41. The number of nitrogens with zero attached hydrogens (tertiary/aromatic N) is 1. The smallest absolute Gasteiger partial charge is 0.183 e. The number of likely N-dealkylation sites (tertiary alicyclic amines) is 1. The number of thioether (sulfide) groups is 1. The van der Waals surface area contributed by atoms with E-state index in [0.717, 1.165) is 25.2 Å². The van der Waals surface area contributed by atoms with Gasteiger partial charge in [0.2, 0.25) is 0 Å². The first-order chi connectivity index (χ1) is 9.54. The Morgan fingerprint density at radius 2 is 1.90 bits per heavy atom. The van der Waals surface area contributed by atoms with Crippen molar-refractivity contribution in [2.24, 2.45) is 17.8 Å². The Hall–Kier alpha value is -0.510. The van der Waals surface area contributed by atoms with Crippen molar-refractivity contribution in [1.82, 2.24) is 4.90 Å². The number of carbonyl (C=O) groups is 1. The fourth-order valence-corrected chi connectivity index (χ4v) is 5.29. The zero-order valence-electron chi connectivity index (χ0n) is 12.3. The molecular formula is C16H24FNOS. The first-order valence-corrected chi connectivity index (χ1v) is 8.77. The molecule has 1 saturated carbocycles. The second-order valence-electron chi connectivity index (χ2n) is 6.91. The highest BCUT2D eigenvalue weighted by Crippen LogP contribution is 2.42. The molecule has 2 heterocycles. The van der Waals surface area contributed by atoms with Crippen LogP contribution in [0.2, 0.25) is 0 Å². The first kappa shape index (κ1) is 14.4. The molecule has 0 amide bonds. The molecule has 2 fully saturated rings. The van der Waals surface area contributed by atoms with Gasteiger partial charge >= 0.3 is 0 Å². The third kappa shape index (κ3) is 2.76. The van der Waals surface area contributed by atoms with Crippen LogP contribution in [0, 0.1) is 17.8 Å². The molecule has 20 heavy (non-hydrogen) atoms. The van der Waals surface area contributed by atoms with Crippen LogP contribution in [0.15, 0.2) is 11.1 Å². The van der Waals surface area contributed by atoms with E-state index >= 15 is 0 Å². The van der Waals surface area contributed by atoms with E-state index in [1.807, 2.05) is 0 Å². The van der Waals surface area contributed by atoms with Gasteiger partial charge in [-0.25, -0.2) is 4.39 Å². The van der Waals surface area contributed by atoms with Crippen LogP contribution < -0.4 is 0 Å². The van der Waals surface area contributed by atoms with E-state index in [9.17, 15) is 9.18 Å². The van der Waals surface area contributed by atoms with Gasteiger partial charge in [-0.1, -0.05) is 13.8 Å². The van der Waals surface area contributed by atoms with Crippen molar-refractivity contribution in [2.75, 3.05) is 13.1 Å². The van der Waals surface area contributed by atoms with E-state index in [-0.39, 0.29) is 11.7 Å². The number of rotatable bonds is 1. The van der Waals surface area contributed by atoms with Gasteiger partial charge in [0.15, 0.2) is 5.78 Å². The number of hydrogen-bond donors (Lipinski definition) is 0. The molecule has 2 nitrogen and oxygen atoms in total. The van der Waals surface area contributed by atoms with Crippen LogP contribution in [-0.4, -0.2) is 35.2 Å². The Kier molecular flexibility index (Phi) is 4.11. The van der Waals surface area contributed by atoms with Crippen molar-refractivity contribution in [3.63, 3.8) is 0 Å². The van der Waals surface area contributed by atoms with Gasteiger partial charge < -0.3 is 4.90 Å². The number of allylic oxidation sites excluding steroid dienone is 1. The first-order valence-electron chi connectivity index (χ1n) is 7.83. The Bertz CT molecular complexity index is 415. The molecule has 4 heteroatoms. The summed E-state index contributed by atoms with van der Waals surface area (Å²) in [5.41, 5.74) is 0.865. The highest BCUT2D eigenvalue weighted by molar-refractivity contribution is 8.02. The van der Waals surface area contributed by atoms with Crippen molar-refractivity contribution in [3.8, 4) is 0 Å². The molecule has 1 aliphatic carbocycles. The molecule has 0 aromatic heterocycles. The Morgan fingerprint density at radius 3 is 2.60 bits per heavy atom. The fraction of sp³-hybridized carbons (Fsp3) is 0.812. The Labute approximate surface area is 125 Å². The molecule has 5 atom stereocenters. The van der Waals surface area contributed by atoms with Gasteiger partial charge in [-0.2, -0.15) is 0 Å². The summed E-state index contributed by atoms with van der Waals surface area (Å²) in [4.78, 5) is 15.0. The zero-order valence-corrected chi connectivity index (χ0v) is 13.2. The van der Waals surface area contributed by atoms with E-state index < -0.39 is 6.17 Å². The molecule has 112 valence electrons. The molecule has 3 aliphatic rings. The van der Waals surface area contributed by atoms with Crippen LogP contribution in [0.3, 0.4) is 0 Å². The number of piperidine rings is 1. The lowest BCUT2D eigenvalue weighted by molar-refractivity contribution is -0.122. The molecule has 0 spiro atoms. The maximum absolute atomic E-state index is 13.6. The number of hydrogen-bond acceptors (Lipinski definition) is 3. The summed E-state index contributed by atoms with van der Waals surface area (Å²) >= 11 is 1.77. The molecule has 3 rings (SSSR count). The summed E-state index contributed by atoms with van der Waals surface area (Å²) in [6.45, 7) is 6.45. The van der Waals surface area contributed by atoms with Crippen molar-refractivity contribution < 1.29 is 9.18 Å². The molecule has 0 aromatic carbocycles. The molecule has 0 radical (unpaired) electrons. The summed E-state index contributed by atoms with van der Waals surface area (Å²) in [6.07, 6.45) is 2.37. The third-order valence-corrected chi connectivity index (χ3v) is 6.15. The predicted molar refractivity (Wildman–Crippen MR) is 81.2 cm³/mol. The van der Waals surface area contributed by atoms with E-state index in [0.29, 0.717) is 29.9 Å². The standard InChI is InChI=1S/C16H24FNOS/c1-10-5-11(2)8-18(7-10)14-9-20-15-4-3-12(17)6-13(15)16(14)19/h9-13,15H,3-8H2,1-2H3. The number of ketones is 1. The summed E-state index contributed by atoms with van der Waals surface area (Å²) in [5, 5.41) is 2.38. The van der Waals surface area contributed by atoms with E-state index in [1.54, 1.807) is 11.8 Å². The van der Waals surface area contributed by atoms with Crippen LogP contribution in [-0.2, 0) is 4.79 Å². The molecule has 0 bridgehead atoms. The lowest BCUT2D eigenvalue weighted by Crippen LogP contribution is -2.45. The minimum Gasteiger partial charge on any atom is -0.368 e. The van der Waals surface area contributed by atoms with Crippen LogP contribution in [0.1, 0.15) is 39.5 Å². The highest BCUT2D eigenvalue weighted by atomic mass is 32.2. The summed E-state index contributed by atoms with van der Waals surface area (Å²) in [6, 6.07) is 0. The largest absolute Gasteiger partial charge is 0.368 e. The monoisotopic (exact) mass is 297 g/mol. The average molecular weight is 297 g/mol. The topological polar surface area (TPSA) is 20.3 Å². The minimum atomic E-state index is -0.778. The van der Waals surface area contributed by atoms with Gasteiger partial charge in [0.1, 0.15) is 6.17 Å². The fourth-order valence-electron chi connectivity index (χ4n) is 4.02. The molecule has 1 saturated heterocycles. The second kappa shape index (κ2) is 5.70. The molecule has 2 aliphatic heterocycles. The summed E-state index contributed by atoms with van der Waals surface area (Å²) in [7, 11) is 0. The Morgan fingerprint density at radius 1 is 1.20 bits per heavy atom. The number of alkyl halides is 1. The van der Waals surface area contributed by atoms with Gasteiger partial charge in [-0.05, 0) is 42.9 Å². The van der Waals surface area contributed by atoms with Crippen molar-refractivity contribution in [1.29, 1.82) is 0 Å². The maximum Gasteiger partial charge on any atom is 0.183 e. The Balaban J connectivity index is 1.76. The maximum atomic E-state index is 13.6. The zero-order chi connectivity index (χ0) is 14.3. The van der Waals surface area contributed by atoms with Gasteiger partial charge in [0.25, 0.3) is 0 Å². The van der Waals surface area contributed by atoms with E-state index in [1.165, 1.54) is 6.42 Å². The second-order valence-corrected chi connectivity index (χ2v) is 8.02. The predicted octanol–water partition coefficient (Wildman–Crippen LogP) is 3.63. The number of halogens is 1.